The molecular formula is C31H25S2+. The molecule has 2 heteroatoms. The molecule has 5 aromatic rings. The minimum atomic E-state index is -0.101. The van der Waals surface area contributed by atoms with Crippen molar-refractivity contribution in [2.75, 3.05) is 0 Å². The fourth-order valence-corrected chi connectivity index (χ4v) is 6.71. The molecule has 0 nitrogen and oxygen atoms in total. The van der Waals surface area contributed by atoms with Gasteiger partial charge in [0.1, 0.15) is 0 Å². The van der Waals surface area contributed by atoms with Gasteiger partial charge in [-0.15, -0.1) is 0 Å². The first-order chi connectivity index (χ1) is 16.3. The van der Waals surface area contributed by atoms with Gasteiger partial charge in [0.05, 0.1) is 10.9 Å². The summed E-state index contributed by atoms with van der Waals surface area (Å²) in [7, 11) is -0.101. The number of benzene rings is 5. The lowest BCUT2D eigenvalue weighted by Crippen LogP contribution is -2.04. The second-order valence-corrected chi connectivity index (χ2v) is 11.0. The summed E-state index contributed by atoms with van der Waals surface area (Å²) < 4.78 is 0. The Morgan fingerprint density at radius 1 is 0.394 bits per heavy atom. The molecule has 0 unspecified atom stereocenters. The molecule has 33 heavy (non-hydrogen) atoms. The summed E-state index contributed by atoms with van der Waals surface area (Å²) in [5.41, 5.74) is 2.69. The maximum Gasteiger partial charge on any atom is 0.166 e. The predicted molar refractivity (Wildman–Crippen MR) is 141 cm³/mol. The number of rotatable bonds is 7. The average molecular weight is 462 g/mol. The van der Waals surface area contributed by atoms with Crippen molar-refractivity contribution >= 4 is 22.7 Å². The van der Waals surface area contributed by atoms with Crippen LogP contribution in [-0.2, 0) is 17.3 Å². The molecule has 0 aliphatic heterocycles. The Labute approximate surface area is 203 Å². The molecule has 0 aliphatic carbocycles. The second-order valence-electron chi connectivity index (χ2n) is 7.81. The van der Waals surface area contributed by atoms with E-state index in [4.69, 9.17) is 0 Å². The monoisotopic (exact) mass is 461 g/mol. The van der Waals surface area contributed by atoms with Gasteiger partial charge in [-0.3, -0.25) is 0 Å². The van der Waals surface area contributed by atoms with E-state index >= 15 is 0 Å². The summed E-state index contributed by atoms with van der Waals surface area (Å²) in [5, 5.41) is 0. The van der Waals surface area contributed by atoms with Crippen LogP contribution in [0.2, 0.25) is 0 Å². The molecule has 0 spiro atoms. The zero-order valence-corrected chi connectivity index (χ0v) is 19.9. The molecule has 0 radical (unpaired) electrons. The SMILES string of the molecule is c1ccc(Cc2ccc(Sc3ccc([S+](c4ccccc4)c4ccccc4)cc3)cc2)cc1. The Kier molecular flexibility index (Phi) is 6.96. The van der Waals surface area contributed by atoms with Gasteiger partial charge in [-0.25, -0.2) is 0 Å². The summed E-state index contributed by atoms with van der Waals surface area (Å²) in [6, 6.07) is 50.3. The van der Waals surface area contributed by atoms with E-state index in [1.54, 1.807) is 0 Å². The molecule has 0 N–H and O–H groups in total. The van der Waals surface area contributed by atoms with Gasteiger partial charge < -0.3 is 0 Å². The van der Waals surface area contributed by atoms with Crippen molar-refractivity contribution in [1.29, 1.82) is 0 Å². The molecule has 0 saturated heterocycles. The Bertz CT molecular complexity index is 1220. The molecule has 0 aliphatic rings. The molecule has 0 amide bonds. The van der Waals surface area contributed by atoms with Gasteiger partial charge in [0.2, 0.25) is 0 Å². The van der Waals surface area contributed by atoms with Crippen LogP contribution in [0.25, 0.3) is 0 Å². The van der Waals surface area contributed by atoms with Crippen LogP contribution < -0.4 is 0 Å². The highest BCUT2D eigenvalue weighted by Crippen LogP contribution is 2.34. The van der Waals surface area contributed by atoms with Gasteiger partial charge in [0, 0.05) is 9.79 Å². The molecular weight excluding hydrogens is 436 g/mol. The number of hydrogen-bond donors (Lipinski definition) is 0. The second kappa shape index (κ2) is 10.6. The van der Waals surface area contributed by atoms with Gasteiger partial charge in [-0.2, -0.15) is 0 Å². The van der Waals surface area contributed by atoms with Crippen LogP contribution in [0, 0.1) is 0 Å². The molecule has 0 heterocycles. The summed E-state index contributed by atoms with van der Waals surface area (Å²) in [6.07, 6.45) is 0.974. The zero-order valence-electron chi connectivity index (χ0n) is 18.3. The Morgan fingerprint density at radius 2 is 0.788 bits per heavy atom. The highest BCUT2D eigenvalue weighted by Gasteiger charge is 2.28. The van der Waals surface area contributed by atoms with Gasteiger partial charge in [-0.1, -0.05) is 90.6 Å². The van der Waals surface area contributed by atoms with Crippen LogP contribution in [0.5, 0.6) is 0 Å². The molecule has 0 aromatic heterocycles. The standard InChI is InChI=1S/C31H25S2/c1-4-10-25(11-5-1)24-26-16-18-27(19-17-26)32-28-20-22-31(23-21-28)33(29-12-6-2-7-13-29)30-14-8-3-9-15-30/h1-23H,24H2/q+1. The quantitative estimate of drug-likeness (QED) is 0.219. The minimum Gasteiger partial charge on any atom is -0.0901 e. The first-order valence-corrected chi connectivity index (χ1v) is 13.1. The molecule has 0 fully saturated rings. The first kappa shape index (κ1) is 21.6. The maximum absolute atomic E-state index is 2.29. The van der Waals surface area contributed by atoms with Crippen LogP contribution in [0.15, 0.2) is 164 Å². The van der Waals surface area contributed by atoms with E-state index in [-0.39, 0.29) is 10.9 Å². The Morgan fingerprint density at radius 3 is 1.30 bits per heavy atom. The van der Waals surface area contributed by atoms with Crippen LogP contribution in [0.1, 0.15) is 11.1 Å². The highest BCUT2D eigenvalue weighted by atomic mass is 32.2. The van der Waals surface area contributed by atoms with Crippen molar-refractivity contribution in [3.63, 3.8) is 0 Å². The van der Waals surface area contributed by atoms with Gasteiger partial charge in [0.15, 0.2) is 14.7 Å². The van der Waals surface area contributed by atoms with E-state index in [0.717, 1.165) is 6.42 Å². The zero-order chi connectivity index (χ0) is 22.3. The van der Waals surface area contributed by atoms with Crippen molar-refractivity contribution in [2.24, 2.45) is 0 Å². The fraction of sp³-hybridized carbons (Fsp3) is 0.0323. The summed E-state index contributed by atoms with van der Waals surface area (Å²) >= 11 is 1.82. The summed E-state index contributed by atoms with van der Waals surface area (Å²) in [5.74, 6) is 0. The van der Waals surface area contributed by atoms with Crippen LogP contribution in [-0.4, -0.2) is 0 Å². The highest BCUT2D eigenvalue weighted by molar-refractivity contribution is 7.99. The minimum absolute atomic E-state index is 0.101. The largest absolute Gasteiger partial charge is 0.166 e. The topological polar surface area (TPSA) is 0 Å². The van der Waals surface area contributed by atoms with Gasteiger partial charge >= 0.3 is 0 Å². The van der Waals surface area contributed by atoms with Crippen LogP contribution in [0.4, 0.5) is 0 Å². The van der Waals surface area contributed by atoms with E-state index < -0.39 is 0 Å². The molecule has 0 saturated carbocycles. The lowest BCUT2D eigenvalue weighted by Gasteiger charge is -2.09. The van der Waals surface area contributed by atoms with Gasteiger partial charge in [0.25, 0.3) is 0 Å². The van der Waals surface area contributed by atoms with Crippen LogP contribution >= 0.6 is 11.8 Å². The normalized spacial score (nSPS) is 10.9. The molecule has 160 valence electrons. The summed E-state index contributed by atoms with van der Waals surface area (Å²) in [4.78, 5) is 6.56. The average Bonchev–Trinajstić information content (AvgIpc) is 2.88. The Balaban J connectivity index is 1.32. The van der Waals surface area contributed by atoms with Crippen molar-refractivity contribution in [3.8, 4) is 0 Å². The van der Waals surface area contributed by atoms with Crippen molar-refractivity contribution in [1.82, 2.24) is 0 Å². The van der Waals surface area contributed by atoms with Crippen molar-refractivity contribution < 1.29 is 0 Å². The van der Waals surface area contributed by atoms with E-state index in [9.17, 15) is 0 Å². The summed E-state index contributed by atoms with van der Waals surface area (Å²) in [6.45, 7) is 0. The smallest absolute Gasteiger partial charge is 0.0901 e. The molecule has 0 atom stereocenters. The first-order valence-electron chi connectivity index (χ1n) is 11.1. The third-order valence-electron chi connectivity index (χ3n) is 5.43. The van der Waals surface area contributed by atoms with E-state index in [2.05, 4.69) is 140 Å². The Hall–Kier alpha value is -3.20. The number of hydrogen-bond acceptors (Lipinski definition) is 1. The molecule has 5 rings (SSSR count). The third-order valence-corrected chi connectivity index (χ3v) is 8.67. The fourth-order valence-electron chi connectivity index (χ4n) is 3.81. The van der Waals surface area contributed by atoms with E-state index in [1.807, 2.05) is 11.8 Å². The molecule has 5 aromatic carbocycles. The lowest BCUT2D eigenvalue weighted by atomic mass is 10.1. The van der Waals surface area contributed by atoms with Gasteiger partial charge in [-0.05, 0) is 78.2 Å². The predicted octanol–water partition coefficient (Wildman–Crippen LogP) is 8.52. The van der Waals surface area contributed by atoms with Crippen LogP contribution in [0.3, 0.4) is 0 Å². The lowest BCUT2D eigenvalue weighted by molar-refractivity contribution is 1.18. The molecule has 0 bridgehead atoms. The van der Waals surface area contributed by atoms with E-state index in [1.165, 1.54) is 35.6 Å². The third kappa shape index (κ3) is 5.60. The maximum atomic E-state index is 2.29. The van der Waals surface area contributed by atoms with Crippen molar-refractivity contribution in [2.45, 2.75) is 30.9 Å². The van der Waals surface area contributed by atoms with E-state index in [0.29, 0.717) is 0 Å². The van der Waals surface area contributed by atoms with Crippen molar-refractivity contribution in [3.05, 3.63) is 151 Å².